The molecule has 0 spiro atoms. The van der Waals surface area contributed by atoms with Crippen molar-refractivity contribution in [1.29, 1.82) is 0 Å². The molecule has 0 aromatic heterocycles. The smallest absolute Gasteiger partial charge is 0.141 e. The number of rotatable bonds is 3. The summed E-state index contributed by atoms with van der Waals surface area (Å²) in [6.07, 6.45) is 2.55. The van der Waals surface area contributed by atoms with E-state index < -0.39 is 0 Å². The SMILES string of the molecule is CSc1cc(F)cc(C2CC(CN)CN2C)c1F. The van der Waals surface area contributed by atoms with Gasteiger partial charge in [-0.25, -0.2) is 8.78 Å². The summed E-state index contributed by atoms with van der Waals surface area (Å²) in [5.74, 6) is -0.306. The maximum absolute atomic E-state index is 14.3. The summed E-state index contributed by atoms with van der Waals surface area (Å²) < 4.78 is 27.8. The lowest BCUT2D eigenvalue weighted by Gasteiger charge is -2.21. The van der Waals surface area contributed by atoms with Crippen molar-refractivity contribution in [2.45, 2.75) is 17.4 Å². The Kier molecular flexibility index (Phi) is 4.25. The van der Waals surface area contributed by atoms with Crippen molar-refractivity contribution in [2.24, 2.45) is 11.7 Å². The van der Waals surface area contributed by atoms with Gasteiger partial charge in [0.2, 0.25) is 0 Å². The van der Waals surface area contributed by atoms with Crippen LogP contribution in [-0.2, 0) is 0 Å². The Hall–Kier alpha value is -0.650. The highest BCUT2D eigenvalue weighted by Gasteiger charge is 2.32. The molecular formula is C13H18F2N2S. The molecule has 2 rings (SSSR count). The summed E-state index contributed by atoms with van der Waals surface area (Å²) in [6.45, 7) is 1.43. The molecule has 0 radical (unpaired) electrons. The Morgan fingerprint density at radius 3 is 2.72 bits per heavy atom. The highest BCUT2D eigenvalue weighted by atomic mass is 32.2. The first-order valence-electron chi connectivity index (χ1n) is 6.00. The van der Waals surface area contributed by atoms with Crippen molar-refractivity contribution in [3.63, 3.8) is 0 Å². The lowest BCUT2D eigenvalue weighted by molar-refractivity contribution is 0.304. The van der Waals surface area contributed by atoms with Gasteiger partial charge in [0, 0.05) is 23.0 Å². The van der Waals surface area contributed by atoms with E-state index in [2.05, 4.69) is 4.90 Å². The van der Waals surface area contributed by atoms with Crippen LogP contribution in [0.15, 0.2) is 17.0 Å². The highest BCUT2D eigenvalue weighted by Crippen LogP contribution is 2.37. The van der Waals surface area contributed by atoms with Gasteiger partial charge in [0.1, 0.15) is 11.6 Å². The Labute approximate surface area is 111 Å². The minimum absolute atomic E-state index is 0.0693. The van der Waals surface area contributed by atoms with Gasteiger partial charge in [-0.1, -0.05) is 0 Å². The number of halogens is 2. The lowest BCUT2D eigenvalue weighted by atomic mass is 9.99. The van der Waals surface area contributed by atoms with Crippen LogP contribution in [0.4, 0.5) is 8.78 Å². The molecule has 1 saturated heterocycles. The van der Waals surface area contributed by atoms with Crippen LogP contribution >= 0.6 is 11.8 Å². The molecule has 100 valence electrons. The third-order valence-electron chi connectivity index (χ3n) is 3.58. The lowest BCUT2D eigenvalue weighted by Crippen LogP contribution is -2.21. The molecule has 18 heavy (non-hydrogen) atoms. The zero-order valence-corrected chi connectivity index (χ0v) is 11.4. The first kappa shape index (κ1) is 13.8. The van der Waals surface area contributed by atoms with Crippen molar-refractivity contribution in [3.05, 3.63) is 29.3 Å². The average molecular weight is 272 g/mol. The first-order chi connectivity index (χ1) is 8.56. The van der Waals surface area contributed by atoms with Gasteiger partial charge >= 0.3 is 0 Å². The fraction of sp³-hybridized carbons (Fsp3) is 0.538. The van der Waals surface area contributed by atoms with Crippen molar-refractivity contribution < 1.29 is 8.78 Å². The standard InChI is InChI=1S/C13H18F2N2S/c1-17-7-8(6-16)3-11(17)10-4-9(14)5-12(18-2)13(10)15/h4-5,8,11H,3,6-7,16H2,1-2H3. The van der Waals surface area contributed by atoms with Crippen LogP contribution in [0.25, 0.3) is 0 Å². The highest BCUT2D eigenvalue weighted by molar-refractivity contribution is 7.98. The Balaban J connectivity index is 2.36. The minimum Gasteiger partial charge on any atom is -0.330 e. The number of nitrogens with two attached hydrogens (primary N) is 1. The molecule has 5 heteroatoms. The van der Waals surface area contributed by atoms with E-state index in [0.29, 0.717) is 22.9 Å². The molecule has 0 bridgehead atoms. The van der Waals surface area contributed by atoms with E-state index in [0.717, 1.165) is 13.0 Å². The number of hydrogen-bond donors (Lipinski definition) is 1. The first-order valence-corrected chi connectivity index (χ1v) is 7.22. The number of benzene rings is 1. The van der Waals surface area contributed by atoms with Crippen molar-refractivity contribution in [3.8, 4) is 0 Å². The van der Waals surface area contributed by atoms with Crippen LogP contribution < -0.4 is 5.73 Å². The topological polar surface area (TPSA) is 29.3 Å². The largest absolute Gasteiger partial charge is 0.330 e. The third-order valence-corrected chi connectivity index (χ3v) is 4.32. The third kappa shape index (κ3) is 2.53. The summed E-state index contributed by atoms with van der Waals surface area (Å²) in [4.78, 5) is 2.43. The second-order valence-corrected chi connectivity index (χ2v) is 5.65. The summed E-state index contributed by atoms with van der Waals surface area (Å²) in [5.41, 5.74) is 6.12. The number of nitrogens with zero attached hydrogens (tertiary/aromatic N) is 1. The number of hydrogen-bond acceptors (Lipinski definition) is 3. The molecule has 0 aliphatic carbocycles. The van der Waals surface area contributed by atoms with E-state index in [9.17, 15) is 8.78 Å². The van der Waals surface area contributed by atoms with Gasteiger partial charge in [-0.05, 0) is 44.3 Å². The molecule has 2 nitrogen and oxygen atoms in total. The number of thioether (sulfide) groups is 1. The Morgan fingerprint density at radius 1 is 1.44 bits per heavy atom. The average Bonchev–Trinajstić information content (AvgIpc) is 2.73. The molecule has 2 atom stereocenters. The van der Waals surface area contributed by atoms with Gasteiger partial charge in [0.15, 0.2) is 0 Å². The zero-order chi connectivity index (χ0) is 13.3. The van der Waals surface area contributed by atoms with Crippen LogP contribution in [0.1, 0.15) is 18.0 Å². The minimum atomic E-state index is -0.375. The molecule has 0 saturated carbocycles. The zero-order valence-electron chi connectivity index (χ0n) is 10.6. The Bertz CT molecular complexity index is 439. The van der Waals surface area contributed by atoms with Crippen LogP contribution in [0.5, 0.6) is 0 Å². The molecule has 2 N–H and O–H groups in total. The van der Waals surface area contributed by atoms with Crippen molar-refractivity contribution >= 4 is 11.8 Å². The molecule has 2 unspecified atom stereocenters. The van der Waals surface area contributed by atoms with E-state index in [1.165, 1.54) is 23.9 Å². The van der Waals surface area contributed by atoms with Crippen LogP contribution in [0.3, 0.4) is 0 Å². The van der Waals surface area contributed by atoms with Gasteiger partial charge < -0.3 is 5.73 Å². The van der Waals surface area contributed by atoms with E-state index in [4.69, 9.17) is 5.73 Å². The summed E-state index contributed by atoms with van der Waals surface area (Å²) in [7, 11) is 1.93. The van der Waals surface area contributed by atoms with Gasteiger partial charge in [-0.3, -0.25) is 4.90 Å². The van der Waals surface area contributed by atoms with E-state index >= 15 is 0 Å². The second-order valence-electron chi connectivity index (χ2n) is 4.80. The molecule has 1 heterocycles. The van der Waals surface area contributed by atoms with Crippen molar-refractivity contribution in [1.82, 2.24) is 4.90 Å². The van der Waals surface area contributed by atoms with Gasteiger partial charge in [0.25, 0.3) is 0 Å². The fourth-order valence-electron chi connectivity index (χ4n) is 2.62. The summed E-state index contributed by atoms with van der Waals surface area (Å²) >= 11 is 1.23. The normalized spacial score (nSPS) is 24.7. The predicted molar refractivity (Wildman–Crippen MR) is 70.7 cm³/mol. The van der Waals surface area contributed by atoms with E-state index in [-0.39, 0.29) is 17.7 Å². The van der Waals surface area contributed by atoms with Crippen LogP contribution in [-0.4, -0.2) is 31.3 Å². The molecular weight excluding hydrogens is 254 g/mol. The number of likely N-dealkylation sites (tertiary alicyclic amines) is 1. The van der Waals surface area contributed by atoms with E-state index in [1.807, 2.05) is 7.05 Å². The predicted octanol–water partition coefficient (Wildman–Crippen LogP) is 2.64. The fourth-order valence-corrected chi connectivity index (χ4v) is 3.14. The van der Waals surface area contributed by atoms with Gasteiger partial charge in [-0.2, -0.15) is 0 Å². The molecule has 0 amide bonds. The molecule has 1 aliphatic rings. The van der Waals surface area contributed by atoms with Gasteiger partial charge in [-0.15, -0.1) is 11.8 Å². The summed E-state index contributed by atoms with van der Waals surface area (Å²) in [5, 5.41) is 0. The monoisotopic (exact) mass is 272 g/mol. The Morgan fingerprint density at radius 2 is 2.17 bits per heavy atom. The molecule has 1 fully saturated rings. The van der Waals surface area contributed by atoms with Crippen LogP contribution in [0.2, 0.25) is 0 Å². The molecule has 1 aromatic carbocycles. The molecule has 1 aliphatic heterocycles. The maximum atomic E-state index is 14.3. The summed E-state index contributed by atoms with van der Waals surface area (Å²) in [6, 6.07) is 2.49. The molecule has 1 aromatic rings. The van der Waals surface area contributed by atoms with Crippen LogP contribution in [0, 0.1) is 17.6 Å². The second kappa shape index (κ2) is 5.55. The quantitative estimate of drug-likeness (QED) is 0.858. The van der Waals surface area contributed by atoms with E-state index in [1.54, 1.807) is 6.26 Å². The van der Waals surface area contributed by atoms with Crippen molar-refractivity contribution in [2.75, 3.05) is 26.4 Å². The maximum Gasteiger partial charge on any atom is 0.141 e. The van der Waals surface area contributed by atoms with Gasteiger partial charge in [0.05, 0.1) is 0 Å².